The van der Waals surface area contributed by atoms with Crippen molar-refractivity contribution in [2.24, 2.45) is 0 Å². The summed E-state index contributed by atoms with van der Waals surface area (Å²) in [6.45, 7) is 1.56. The minimum Gasteiger partial charge on any atom is -0.324 e. The van der Waals surface area contributed by atoms with Crippen molar-refractivity contribution in [3.05, 3.63) is 29.3 Å². The number of benzene rings is 1. The third kappa shape index (κ3) is 3.53. The van der Waals surface area contributed by atoms with E-state index in [-0.39, 0.29) is 6.09 Å². The topological polar surface area (TPSA) is 41.6 Å². The Balaban J connectivity index is 1.81. The minimum atomic E-state index is -0.320. The standard InChI is InChI=1S/C12H15ClN2O2/c13-10-4-6-11(7-5-10)14-17-12(16)15-8-2-1-3-9-15/h4-7,14H,1-3,8-9H2. The Bertz CT molecular complexity index is 375. The Morgan fingerprint density at radius 2 is 1.82 bits per heavy atom. The molecule has 0 aliphatic carbocycles. The second-order valence-corrected chi connectivity index (χ2v) is 4.46. The molecular weight excluding hydrogens is 240 g/mol. The summed E-state index contributed by atoms with van der Waals surface area (Å²) in [7, 11) is 0. The van der Waals surface area contributed by atoms with E-state index in [9.17, 15) is 4.79 Å². The third-order valence-corrected chi connectivity index (χ3v) is 2.97. The zero-order chi connectivity index (χ0) is 12.1. The van der Waals surface area contributed by atoms with Crippen molar-refractivity contribution in [2.75, 3.05) is 18.6 Å². The van der Waals surface area contributed by atoms with Crippen molar-refractivity contribution in [3.63, 3.8) is 0 Å². The van der Waals surface area contributed by atoms with E-state index in [1.54, 1.807) is 29.2 Å². The van der Waals surface area contributed by atoms with Crippen LogP contribution >= 0.6 is 11.6 Å². The molecule has 0 spiro atoms. The molecule has 1 heterocycles. The fourth-order valence-corrected chi connectivity index (χ4v) is 1.89. The first-order valence-corrected chi connectivity index (χ1v) is 6.11. The maximum Gasteiger partial charge on any atom is 0.434 e. The molecule has 0 radical (unpaired) electrons. The van der Waals surface area contributed by atoms with Gasteiger partial charge >= 0.3 is 6.09 Å². The average molecular weight is 255 g/mol. The predicted molar refractivity (Wildman–Crippen MR) is 67.0 cm³/mol. The van der Waals surface area contributed by atoms with Crippen LogP contribution < -0.4 is 5.48 Å². The number of carbonyl (C=O) groups is 1. The Morgan fingerprint density at radius 3 is 2.47 bits per heavy atom. The molecule has 1 saturated heterocycles. The molecule has 1 aromatic rings. The van der Waals surface area contributed by atoms with Crippen molar-refractivity contribution < 1.29 is 9.63 Å². The molecule has 0 saturated carbocycles. The Kier molecular flexibility index (Phi) is 4.09. The van der Waals surface area contributed by atoms with Gasteiger partial charge in [0, 0.05) is 18.1 Å². The van der Waals surface area contributed by atoms with E-state index >= 15 is 0 Å². The normalized spacial score (nSPS) is 15.5. The van der Waals surface area contributed by atoms with Gasteiger partial charge in [-0.1, -0.05) is 11.6 Å². The van der Waals surface area contributed by atoms with Crippen LogP contribution in [0.25, 0.3) is 0 Å². The van der Waals surface area contributed by atoms with Gasteiger partial charge in [0.05, 0.1) is 5.69 Å². The highest BCUT2D eigenvalue weighted by molar-refractivity contribution is 6.30. The highest BCUT2D eigenvalue weighted by Crippen LogP contribution is 2.14. The van der Waals surface area contributed by atoms with E-state index < -0.39 is 0 Å². The van der Waals surface area contributed by atoms with Crippen molar-refractivity contribution in [1.82, 2.24) is 4.90 Å². The van der Waals surface area contributed by atoms with Crippen LogP contribution in [0.2, 0.25) is 5.02 Å². The molecule has 0 bridgehead atoms. The number of nitrogens with zero attached hydrogens (tertiary/aromatic N) is 1. The maximum atomic E-state index is 11.7. The summed E-state index contributed by atoms with van der Waals surface area (Å²) >= 11 is 5.75. The van der Waals surface area contributed by atoms with Gasteiger partial charge < -0.3 is 9.74 Å². The monoisotopic (exact) mass is 254 g/mol. The fraction of sp³-hybridized carbons (Fsp3) is 0.417. The minimum absolute atomic E-state index is 0.320. The van der Waals surface area contributed by atoms with Crippen LogP contribution in [0.4, 0.5) is 10.5 Å². The first-order valence-electron chi connectivity index (χ1n) is 5.73. The van der Waals surface area contributed by atoms with Crippen LogP contribution in [0.1, 0.15) is 19.3 Å². The molecule has 1 fully saturated rings. The first kappa shape index (κ1) is 12.0. The number of piperidine rings is 1. The van der Waals surface area contributed by atoms with E-state index in [1.165, 1.54) is 6.42 Å². The lowest BCUT2D eigenvalue weighted by Gasteiger charge is -2.25. The maximum absolute atomic E-state index is 11.7. The molecule has 0 aromatic heterocycles. The number of likely N-dealkylation sites (tertiary alicyclic amines) is 1. The lowest BCUT2D eigenvalue weighted by Crippen LogP contribution is -2.37. The number of hydrogen-bond acceptors (Lipinski definition) is 3. The van der Waals surface area contributed by atoms with Crippen LogP contribution in [-0.4, -0.2) is 24.1 Å². The van der Waals surface area contributed by atoms with E-state index in [1.807, 2.05) is 0 Å². The second kappa shape index (κ2) is 5.77. The number of carbonyl (C=O) groups excluding carboxylic acids is 1. The molecule has 1 N–H and O–H groups in total. The van der Waals surface area contributed by atoms with Crippen LogP contribution in [0.15, 0.2) is 24.3 Å². The van der Waals surface area contributed by atoms with E-state index in [0.717, 1.165) is 25.9 Å². The van der Waals surface area contributed by atoms with Gasteiger partial charge in [-0.25, -0.2) is 10.3 Å². The van der Waals surface area contributed by atoms with Crippen molar-refractivity contribution in [3.8, 4) is 0 Å². The first-order chi connectivity index (χ1) is 8.25. The second-order valence-electron chi connectivity index (χ2n) is 4.02. The number of halogens is 1. The van der Waals surface area contributed by atoms with Crippen molar-refractivity contribution >= 4 is 23.4 Å². The van der Waals surface area contributed by atoms with E-state index in [4.69, 9.17) is 16.4 Å². The van der Waals surface area contributed by atoms with Crippen LogP contribution in [-0.2, 0) is 4.84 Å². The molecule has 0 unspecified atom stereocenters. The molecule has 1 aliphatic heterocycles. The number of nitrogens with one attached hydrogen (secondary N) is 1. The number of hydrogen-bond donors (Lipinski definition) is 1. The molecule has 2 rings (SSSR count). The SMILES string of the molecule is O=C(ONc1ccc(Cl)cc1)N1CCCCC1. The smallest absolute Gasteiger partial charge is 0.324 e. The molecule has 1 amide bonds. The molecule has 1 aliphatic rings. The molecule has 0 atom stereocenters. The lowest BCUT2D eigenvalue weighted by atomic mass is 10.1. The Morgan fingerprint density at radius 1 is 1.18 bits per heavy atom. The summed E-state index contributed by atoms with van der Waals surface area (Å²) < 4.78 is 0. The van der Waals surface area contributed by atoms with Crippen LogP contribution in [0.5, 0.6) is 0 Å². The molecule has 17 heavy (non-hydrogen) atoms. The summed E-state index contributed by atoms with van der Waals surface area (Å²) in [5.74, 6) is 0. The van der Waals surface area contributed by atoms with E-state index in [2.05, 4.69) is 5.48 Å². The van der Waals surface area contributed by atoms with Gasteiger partial charge in [0.2, 0.25) is 0 Å². The van der Waals surface area contributed by atoms with Crippen LogP contribution in [0.3, 0.4) is 0 Å². The lowest BCUT2D eigenvalue weighted by molar-refractivity contribution is 0.114. The summed E-state index contributed by atoms with van der Waals surface area (Å²) in [5.41, 5.74) is 3.33. The number of amides is 1. The Labute approximate surface area is 105 Å². The van der Waals surface area contributed by atoms with Crippen molar-refractivity contribution in [2.45, 2.75) is 19.3 Å². The quantitative estimate of drug-likeness (QED) is 0.824. The van der Waals surface area contributed by atoms with E-state index in [0.29, 0.717) is 10.7 Å². The van der Waals surface area contributed by atoms with Crippen LogP contribution in [0, 0.1) is 0 Å². The van der Waals surface area contributed by atoms with Gasteiger partial charge in [0.15, 0.2) is 0 Å². The molecule has 4 nitrogen and oxygen atoms in total. The average Bonchev–Trinajstić information content (AvgIpc) is 2.39. The highest BCUT2D eigenvalue weighted by atomic mass is 35.5. The molecule has 1 aromatic carbocycles. The number of rotatable bonds is 2. The zero-order valence-corrected chi connectivity index (χ0v) is 10.2. The van der Waals surface area contributed by atoms with Gasteiger partial charge in [-0.2, -0.15) is 0 Å². The Hall–Kier alpha value is -1.42. The van der Waals surface area contributed by atoms with Gasteiger partial charge in [-0.3, -0.25) is 0 Å². The molecule has 5 heteroatoms. The summed E-state index contributed by atoms with van der Waals surface area (Å²) in [6.07, 6.45) is 2.97. The summed E-state index contributed by atoms with van der Waals surface area (Å²) in [5, 5.41) is 0.651. The van der Waals surface area contributed by atoms with Crippen molar-refractivity contribution in [1.29, 1.82) is 0 Å². The number of anilines is 1. The molecular formula is C12H15ClN2O2. The van der Waals surface area contributed by atoms with Gasteiger partial charge in [-0.05, 0) is 43.5 Å². The fourth-order valence-electron chi connectivity index (χ4n) is 1.76. The van der Waals surface area contributed by atoms with Gasteiger partial charge in [0.1, 0.15) is 0 Å². The summed E-state index contributed by atoms with van der Waals surface area (Å²) in [4.78, 5) is 18.4. The predicted octanol–water partition coefficient (Wildman–Crippen LogP) is 3.29. The molecule has 92 valence electrons. The third-order valence-electron chi connectivity index (χ3n) is 2.71. The van der Waals surface area contributed by atoms with Gasteiger partial charge in [-0.15, -0.1) is 0 Å². The summed E-state index contributed by atoms with van der Waals surface area (Å²) in [6, 6.07) is 6.98. The largest absolute Gasteiger partial charge is 0.434 e. The highest BCUT2D eigenvalue weighted by Gasteiger charge is 2.17. The van der Waals surface area contributed by atoms with Gasteiger partial charge in [0.25, 0.3) is 0 Å². The zero-order valence-electron chi connectivity index (χ0n) is 9.49.